The fourth-order valence-electron chi connectivity index (χ4n) is 2.24. The molecular weight excluding hydrogens is 254 g/mol. The lowest BCUT2D eigenvalue weighted by Gasteiger charge is -2.12. The first-order valence-electron chi connectivity index (χ1n) is 6.94. The topological polar surface area (TPSA) is 29.1 Å². The van der Waals surface area contributed by atoms with E-state index in [4.69, 9.17) is 0 Å². The van der Waals surface area contributed by atoms with Crippen molar-refractivity contribution in [2.24, 2.45) is 0 Å². The van der Waals surface area contributed by atoms with Gasteiger partial charge in [0.1, 0.15) is 0 Å². The molecule has 0 fully saturated rings. The van der Waals surface area contributed by atoms with Gasteiger partial charge in [-0.1, -0.05) is 11.6 Å². The van der Waals surface area contributed by atoms with Crippen LogP contribution in [0.15, 0.2) is 29.9 Å². The average Bonchev–Trinajstić information content (AvgIpc) is 2.83. The van der Waals surface area contributed by atoms with Crippen molar-refractivity contribution in [3.05, 3.63) is 39.6 Å². The smallest absolute Gasteiger partial charge is 0.244 e. The van der Waals surface area contributed by atoms with Crippen LogP contribution in [0.5, 0.6) is 0 Å². The third-order valence-corrected chi connectivity index (χ3v) is 4.26. The van der Waals surface area contributed by atoms with E-state index in [1.165, 1.54) is 36.1 Å². The van der Waals surface area contributed by atoms with Gasteiger partial charge in [0, 0.05) is 22.4 Å². The molecule has 1 aromatic rings. The molecule has 1 amide bonds. The lowest BCUT2D eigenvalue weighted by atomic mass is 9.97. The second-order valence-electron chi connectivity index (χ2n) is 4.93. The highest BCUT2D eigenvalue weighted by molar-refractivity contribution is 7.12. The Hall–Kier alpha value is -1.35. The minimum atomic E-state index is 0.00228. The van der Waals surface area contributed by atoms with Crippen molar-refractivity contribution in [1.29, 1.82) is 0 Å². The van der Waals surface area contributed by atoms with Crippen LogP contribution in [0.2, 0.25) is 0 Å². The van der Waals surface area contributed by atoms with Gasteiger partial charge in [0.15, 0.2) is 0 Å². The molecule has 1 aliphatic carbocycles. The van der Waals surface area contributed by atoms with E-state index in [0.717, 1.165) is 17.8 Å². The molecule has 0 saturated carbocycles. The van der Waals surface area contributed by atoms with Gasteiger partial charge in [-0.2, -0.15) is 0 Å². The SMILES string of the molecule is Cc1ccc(/C=C/C(=O)NCCC2=CCCCC2)s1. The van der Waals surface area contributed by atoms with Crippen LogP contribution < -0.4 is 5.32 Å². The van der Waals surface area contributed by atoms with Crippen LogP contribution in [0.4, 0.5) is 0 Å². The van der Waals surface area contributed by atoms with Crippen molar-refractivity contribution in [1.82, 2.24) is 5.32 Å². The third-order valence-electron chi connectivity index (χ3n) is 3.29. The number of nitrogens with one attached hydrogen (secondary N) is 1. The van der Waals surface area contributed by atoms with Crippen LogP contribution in [0, 0.1) is 6.92 Å². The summed E-state index contributed by atoms with van der Waals surface area (Å²) in [6.07, 6.45) is 11.9. The minimum absolute atomic E-state index is 0.00228. The zero-order chi connectivity index (χ0) is 13.5. The van der Waals surface area contributed by atoms with E-state index in [0.29, 0.717) is 0 Å². The molecule has 0 aliphatic heterocycles. The number of carbonyl (C=O) groups excluding carboxylic acids is 1. The highest BCUT2D eigenvalue weighted by Crippen LogP contribution is 2.19. The highest BCUT2D eigenvalue weighted by atomic mass is 32.1. The quantitative estimate of drug-likeness (QED) is 0.637. The summed E-state index contributed by atoms with van der Waals surface area (Å²) in [5.41, 5.74) is 1.50. The molecule has 0 saturated heterocycles. The molecule has 0 unspecified atom stereocenters. The van der Waals surface area contributed by atoms with Crippen molar-refractivity contribution in [3.63, 3.8) is 0 Å². The molecule has 1 aliphatic rings. The van der Waals surface area contributed by atoms with E-state index in [9.17, 15) is 4.79 Å². The lowest BCUT2D eigenvalue weighted by molar-refractivity contribution is -0.116. The molecule has 2 rings (SSSR count). The average molecular weight is 275 g/mol. The molecule has 1 aromatic heterocycles. The second kappa shape index (κ2) is 7.29. The number of thiophene rings is 1. The third kappa shape index (κ3) is 5.03. The maximum absolute atomic E-state index is 11.7. The molecule has 0 spiro atoms. The normalized spacial score (nSPS) is 15.5. The minimum Gasteiger partial charge on any atom is -0.352 e. The molecule has 1 heterocycles. The van der Waals surface area contributed by atoms with Crippen LogP contribution in [-0.2, 0) is 4.79 Å². The van der Waals surface area contributed by atoms with Gasteiger partial charge >= 0.3 is 0 Å². The van der Waals surface area contributed by atoms with E-state index in [1.807, 2.05) is 12.1 Å². The van der Waals surface area contributed by atoms with Crippen molar-refractivity contribution in [2.75, 3.05) is 6.54 Å². The largest absolute Gasteiger partial charge is 0.352 e. The summed E-state index contributed by atoms with van der Waals surface area (Å²) >= 11 is 1.70. The first kappa shape index (κ1) is 14.1. The lowest BCUT2D eigenvalue weighted by Crippen LogP contribution is -2.22. The van der Waals surface area contributed by atoms with Crippen molar-refractivity contribution in [3.8, 4) is 0 Å². The molecular formula is C16H21NOS. The number of allylic oxidation sites excluding steroid dienone is 1. The Bertz CT molecular complexity index is 485. The first-order chi connectivity index (χ1) is 9.24. The predicted octanol–water partition coefficient (Wildman–Crippen LogP) is 4.08. The van der Waals surface area contributed by atoms with Crippen molar-refractivity contribution in [2.45, 2.75) is 39.0 Å². The van der Waals surface area contributed by atoms with Gasteiger partial charge in [-0.3, -0.25) is 4.79 Å². The van der Waals surface area contributed by atoms with Gasteiger partial charge in [0.05, 0.1) is 0 Å². The molecule has 0 aromatic carbocycles. The fourth-order valence-corrected chi connectivity index (χ4v) is 3.02. The Morgan fingerprint density at radius 1 is 1.42 bits per heavy atom. The van der Waals surface area contributed by atoms with Crippen LogP contribution in [0.25, 0.3) is 6.08 Å². The number of carbonyl (C=O) groups is 1. The summed E-state index contributed by atoms with van der Waals surface area (Å²) in [6.45, 7) is 2.82. The van der Waals surface area contributed by atoms with E-state index in [-0.39, 0.29) is 5.91 Å². The van der Waals surface area contributed by atoms with Gasteiger partial charge < -0.3 is 5.32 Å². The standard InChI is InChI=1S/C16H21NOS/c1-13-7-8-15(19-13)9-10-16(18)17-12-11-14-5-3-2-4-6-14/h5,7-10H,2-4,6,11-12H2,1H3,(H,17,18)/b10-9+. The monoisotopic (exact) mass is 275 g/mol. The van der Waals surface area contributed by atoms with Gasteiger partial charge in [0.25, 0.3) is 0 Å². The Kier molecular flexibility index (Phi) is 5.40. The molecule has 1 N–H and O–H groups in total. The molecule has 0 atom stereocenters. The number of hydrogen-bond acceptors (Lipinski definition) is 2. The van der Waals surface area contributed by atoms with Gasteiger partial charge in [0.2, 0.25) is 5.91 Å². The van der Waals surface area contributed by atoms with Crippen molar-refractivity contribution >= 4 is 23.3 Å². The van der Waals surface area contributed by atoms with Gasteiger partial charge in [-0.15, -0.1) is 11.3 Å². The Balaban J connectivity index is 1.69. The molecule has 19 heavy (non-hydrogen) atoms. The summed E-state index contributed by atoms with van der Waals surface area (Å²) in [7, 11) is 0. The summed E-state index contributed by atoms with van der Waals surface area (Å²) in [6, 6.07) is 4.11. The van der Waals surface area contributed by atoms with E-state index >= 15 is 0 Å². The number of rotatable bonds is 5. The van der Waals surface area contributed by atoms with Crippen LogP contribution in [0.3, 0.4) is 0 Å². The zero-order valence-electron chi connectivity index (χ0n) is 11.4. The summed E-state index contributed by atoms with van der Waals surface area (Å²) < 4.78 is 0. The number of amides is 1. The molecule has 2 nitrogen and oxygen atoms in total. The number of hydrogen-bond donors (Lipinski definition) is 1. The maximum Gasteiger partial charge on any atom is 0.244 e. The Labute approximate surface area is 119 Å². The predicted molar refractivity (Wildman–Crippen MR) is 82.3 cm³/mol. The highest BCUT2D eigenvalue weighted by Gasteiger charge is 2.03. The molecule has 0 bridgehead atoms. The van der Waals surface area contributed by atoms with Crippen LogP contribution in [-0.4, -0.2) is 12.5 Å². The molecule has 0 radical (unpaired) electrons. The molecule has 3 heteroatoms. The fraction of sp³-hybridized carbons (Fsp3) is 0.438. The second-order valence-corrected chi connectivity index (χ2v) is 6.25. The maximum atomic E-state index is 11.7. The molecule has 102 valence electrons. The summed E-state index contributed by atoms with van der Waals surface area (Å²) in [5, 5.41) is 2.95. The van der Waals surface area contributed by atoms with Crippen molar-refractivity contribution < 1.29 is 4.79 Å². The summed E-state index contributed by atoms with van der Waals surface area (Å²) in [4.78, 5) is 14.0. The van der Waals surface area contributed by atoms with E-state index in [1.54, 1.807) is 17.4 Å². The van der Waals surface area contributed by atoms with Crippen LogP contribution >= 0.6 is 11.3 Å². The number of aryl methyl sites for hydroxylation is 1. The van der Waals surface area contributed by atoms with E-state index in [2.05, 4.69) is 24.4 Å². The van der Waals surface area contributed by atoms with Gasteiger partial charge in [-0.25, -0.2) is 0 Å². The van der Waals surface area contributed by atoms with Crippen LogP contribution in [0.1, 0.15) is 41.9 Å². The zero-order valence-corrected chi connectivity index (χ0v) is 12.3. The first-order valence-corrected chi connectivity index (χ1v) is 7.76. The van der Waals surface area contributed by atoms with Gasteiger partial charge in [-0.05, 0) is 57.2 Å². The Morgan fingerprint density at radius 3 is 3.00 bits per heavy atom. The summed E-state index contributed by atoms with van der Waals surface area (Å²) in [5.74, 6) is 0.00228. The Morgan fingerprint density at radius 2 is 2.32 bits per heavy atom. The van der Waals surface area contributed by atoms with E-state index < -0.39 is 0 Å².